The van der Waals surface area contributed by atoms with E-state index in [0.29, 0.717) is 24.3 Å². The molecule has 154 valence electrons. The van der Waals surface area contributed by atoms with E-state index in [-0.39, 0.29) is 0 Å². The maximum absolute atomic E-state index is 13.4. The van der Waals surface area contributed by atoms with Crippen LogP contribution < -0.4 is 4.74 Å². The van der Waals surface area contributed by atoms with E-state index < -0.39 is 0 Å². The molecule has 0 radical (unpaired) electrons. The molecular weight excluding hydrogens is 360 g/mol. The van der Waals surface area contributed by atoms with Gasteiger partial charge in [0, 0.05) is 25.6 Å². The molecule has 1 aromatic rings. The Morgan fingerprint density at radius 1 is 1.14 bits per heavy atom. The Labute approximate surface area is 173 Å². The fraction of sp³-hybridized carbons (Fsp3) is 0.640. The van der Waals surface area contributed by atoms with E-state index in [2.05, 4.69) is 34.1 Å². The molecular formula is C25H32N2O2. The predicted molar refractivity (Wildman–Crippen MR) is 113 cm³/mol. The molecule has 4 heteroatoms. The number of benzene rings is 1. The summed E-state index contributed by atoms with van der Waals surface area (Å²) in [6.07, 6.45) is 11.8. The highest BCUT2D eigenvalue weighted by Gasteiger charge is 2.46. The highest BCUT2D eigenvalue weighted by atomic mass is 16.5. The zero-order valence-corrected chi connectivity index (χ0v) is 17.3. The minimum Gasteiger partial charge on any atom is -0.493 e. The monoisotopic (exact) mass is 392 g/mol. The minimum absolute atomic E-state index is 0.318. The molecule has 5 aliphatic rings. The number of hydrogen-bond acceptors (Lipinski definition) is 3. The predicted octanol–water partition coefficient (Wildman–Crippen LogP) is 3.59. The number of hydrogen-bond donors (Lipinski definition) is 0. The first-order valence-corrected chi connectivity index (χ1v) is 11.7. The van der Waals surface area contributed by atoms with Crippen molar-refractivity contribution in [2.45, 2.75) is 63.5 Å². The number of rotatable bonds is 2. The number of carbonyl (C=O) groups excluding carboxylic acids is 1. The third-order valence-corrected chi connectivity index (χ3v) is 8.09. The smallest absolute Gasteiger partial charge is 0.227 e. The average molecular weight is 393 g/mol. The normalized spacial score (nSPS) is 33.2. The van der Waals surface area contributed by atoms with Gasteiger partial charge in [-0.15, -0.1) is 0 Å². The Hall–Kier alpha value is -1.81. The van der Waals surface area contributed by atoms with Crippen molar-refractivity contribution in [1.29, 1.82) is 0 Å². The third-order valence-electron chi connectivity index (χ3n) is 8.09. The Kier molecular flexibility index (Phi) is 4.44. The van der Waals surface area contributed by atoms with Crippen molar-refractivity contribution >= 4 is 5.91 Å². The van der Waals surface area contributed by atoms with E-state index in [1.54, 1.807) is 5.57 Å². The topological polar surface area (TPSA) is 32.8 Å². The van der Waals surface area contributed by atoms with Gasteiger partial charge in [0.15, 0.2) is 0 Å². The number of fused-ring (bicyclic) bond motifs is 7. The van der Waals surface area contributed by atoms with E-state index in [1.807, 2.05) is 0 Å². The van der Waals surface area contributed by atoms with Crippen molar-refractivity contribution < 1.29 is 9.53 Å². The first kappa shape index (κ1) is 18.0. The van der Waals surface area contributed by atoms with Crippen molar-refractivity contribution in [3.63, 3.8) is 0 Å². The van der Waals surface area contributed by atoms with E-state index in [0.717, 1.165) is 49.3 Å². The summed E-state index contributed by atoms with van der Waals surface area (Å²) >= 11 is 0. The molecule has 4 heterocycles. The fourth-order valence-electron chi connectivity index (χ4n) is 6.88. The van der Waals surface area contributed by atoms with Crippen LogP contribution in [0.15, 0.2) is 29.8 Å². The molecule has 0 N–H and O–H groups in total. The van der Waals surface area contributed by atoms with Gasteiger partial charge in [0.05, 0.1) is 19.1 Å². The van der Waals surface area contributed by atoms with Gasteiger partial charge in [0.1, 0.15) is 5.75 Å². The van der Waals surface area contributed by atoms with Gasteiger partial charge in [0.2, 0.25) is 5.91 Å². The number of piperidine rings is 3. The van der Waals surface area contributed by atoms with Gasteiger partial charge >= 0.3 is 0 Å². The maximum Gasteiger partial charge on any atom is 0.227 e. The molecule has 3 fully saturated rings. The Morgan fingerprint density at radius 3 is 3.07 bits per heavy atom. The molecule has 2 unspecified atom stereocenters. The second kappa shape index (κ2) is 7.16. The third kappa shape index (κ3) is 3.11. The molecule has 6 rings (SSSR count). The summed E-state index contributed by atoms with van der Waals surface area (Å²) in [7, 11) is 0. The lowest BCUT2D eigenvalue weighted by Crippen LogP contribution is -2.60. The van der Waals surface area contributed by atoms with Gasteiger partial charge < -0.3 is 9.64 Å². The molecule has 0 spiro atoms. The van der Waals surface area contributed by atoms with Gasteiger partial charge in [-0.1, -0.05) is 30.2 Å². The van der Waals surface area contributed by atoms with Gasteiger partial charge in [-0.05, 0) is 67.7 Å². The molecule has 1 amide bonds. The lowest BCUT2D eigenvalue weighted by Gasteiger charge is -2.54. The maximum atomic E-state index is 13.4. The Morgan fingerprint density at radius 2 is 2.10 bits per heavy atom. The first-order valence-electron chi connectivity index (χ1n) is 11.7. The van der Waals surface area contributed by atoms with Crippen LogP contribution in [0.3, 0.4) is 0 Å². The second-order valence-electron chi connectivity index (χ2n) is 9.81. The van der Waals surface area contributed by atoms with Crippen molar-refractivity contribution in [2.24, 2.45) is 11.8 Å². The molecule has 4 nitrogen and oxygen atoms in total. The molecule has 2 bridgehead atoms. The molecule has 0 aromatic heterocycles. The van der Waals surface area contributed by atoms with Crippen LogP contribution in [0, 0.1) is 11.8 Å². The number of carbonyl (C=O) groups is 1. The summed E-state index contributed by atoms with van der Waals surface area (Å²) in [5.41, 5.74) is 3.99. The fourth-order valence-corrected chi connectivity index (χ4v) is 6.88. The van der Waals surface area contributed by atoms with Crippen LogP contribution in [-0.4, -0.2) is 54.0 Å². The van der Waals surface area contributed by atoms with E-state index in [1.165, 1.54) is 50.8 Å². The van der Waals surface area contributed by atoms with E-state index in [9.17, 15) is 4.79 Å². The van der Waals surface area contributed by atoms with Crippen LogP contribution in [0.25, 0.3) is 0 Å². The van der Waals surface area contributed by atoms with Gasteiger partial charge in [-0.25, -0.2) is 0 Å². The standard InChI is InChI=1S/C25H32N2O2/c28-24(13-17-6-7-23-18(12-17)8-11-29-23)27-10-3-4-19-14-20-15-21(25(19)27)16-26-9-2-1-5-22(20)26/h6-7,12,14,20-22,25H,1-5,8-11,13,15-16H2/t20?,21?,22-,25-/m1/s1. The summed E-state index contributed by atoms with van der Waals surface area (Å²) in [4.78, 5) is 18.4. The zero-order chi connectivity index (χ0) is 19.4. The van der Waals surface area contributed by atoms with Crippen molar-refractivity contribution in [1.82, 2.24) is 9.80 Å². The lowest BCUT2D eigenvalue weighted by molar-refractivity contribution is -0.135. The zero-order valence-electron chi connectivity index (χ0n) is 17.3. The van der Waals surface area contributed by atoms with Crippen LogP contribution in [0.1, 0.15) is 49.7 Å². The first-order chi connectivity index (χ1) is 14.3. The summed E-state index contributed by atoms with van der Waals surface area (Å²) < 4.78 is 5.63. The summed E-state index contributed by atoms with van der Waals surface area (Å²) in [6, 6.07) is 7.45. The number of ether oxygens (including phenoxy) is 1. The number of nitrogens with zero attached hydrogens (tertiary/aromatic N) is 2. The molecule has 1 aromatic carbocycles. The van der Waals surface area contributed by atoms with Crippen LogP contribution in [-0.2, 0) is 17.6 Å². The number of likely N-dealkylation sites (tertiary alicyclic amines) is 1. The Bertz CT molecular complexity index is 847. The minimum atomic E-state index is 0.318. The highest BCUT2D eigenvalue weighted by Crippen LogP contribution is 2.45. The van der Waals surface area contributed by atoms with E-state index >= 15 is 0 Å². The molecule has 3 saturated heterocycles. The largest absolute Gasteiger partial charge is 0.493 e. The van der Waals surface area contributed by atoms with Crippen molar-refractivity contribution in [2.75, 3.05) is 26.2 Å². The second-order valence-corrected chi connectivity index (χ2v) is 9.81. The molecule has 4 aliphatic heterocycles. The summed E-state index contributed by atoms with van der Waals surface area (Å²) in [6.45, 7) is 4.16. The molecule has 1 aliphatic carbocycles. The van der Waals surface area contributed by atoms with Gasteiger partial charge in [-0.3, -0.25) is 9.69 Å². The van der Waals surface area contributed by atoms with Gasteiger partial charge in [0.25, 0.3) is 0 Å². The van der Waals surface area contributed by atoms with Crippen molar-refractivity contribution in [3.8, 4) is 5.75 Å². The SMILES string of the molecule is O=C(Cc1ccc2c(c1)CCO2)N1CCCC2=CC3CC(CN4CCCC[C@H]34)[C@@H]21. The van der Waals surface area contributed by atoms with Crippen LogP contribution in [0.5, 0.6) is 5.75 Å². The van der Waals surface area contributed by atoms with Crippen LogP contribution >= 0.6 is 0 Å². The summed E-state index contributed by atoms with van der Waals surface area (Å²) in [5, 5.41) is 0. The van der Waals surface area contributed by atoms with E-state index in [4.69, 9.17) is 4.74 Å². The average Bonchev–Trinajstić information content (AvgIpc) is 3.21. The highest BCUT2D eigenvalue weighted by molar-refractivity contribution is 5.80. The van der Waals surface area contributed by atoms with Crippen molar-refractivity contribution in [3.05, 3.63) is 41.0 Å². The van der Waals surface area contributed by atoms with Crippen LogP contribution in [0.2, 0.25) is 0 Å². The lowest BCUT2D eigenvalue weighted by atomic mass is 9.68. The molecule has 0 saturated carbocycles. The molecule has 29 heavy (non-hydrogen) atoms. The molecule has 4 atom stereocenters. The number of amides is 1. The summed E-state index contributed by atoms with van der Waals surface area (Å²) in [5.74, 6) is 2.68. The van der Waals surface area contributed by atoms with Crippen LogP contribution in [0.4, 0.5) is 0 Å². The quantitative estimate of drug-likeness (QED) is 0.721. The van der Waals surface area contributed by atoms with Gasteiger partial charge in [-0.2, -0.15) is 0 Å². The Balaban J connectivity index is 1.24.